The number of benzene rings is 2. The molecular weight excluding hydrogens is 328 g/mol. The highest BCUT2D eigenvalue weighted by Crippen LogP contribution is 2.24. The number of carbonyl (C=O) groups excluding carboxylic acids is 1. The number of hydrogen-bond acceptors (Lipinski definition) is 4. The van der Waals surface area contributed by atoms with E-state index in [2.05, 4.69) is 15.4 Å². The molecule has 3 aromatic rings. The molecule has 0 spiro atoms. The van der Waals surface area contributed by atoms with Gasteiger partial charge in [0.05, 0.1) is 5.69 Å². The summed E-state index contributed by atoms with van der Waals surface area (Å²) in [6.45, 7) is 2.91. The van der Waals surface area contributed by atoms with E-state index in [1.165, 1.54) is 5.56 Å². The topological polar surface area (TPSA) is 69.0 Å². The third kappa shape index (κ3) is 3.44. The summed E-state index contributed by atoms with van der Waals surface area (Å²) in [4.78, 5) is 16.3. The van der Waals surface area contributed by atoms with Crippen molar-refractivity contribution in [3.05, 3.63) is 71.8 Å². The second-order valence-electron chi connectivity index (χ2n) is 6.44. The van der Waals surface area contributed by atoms with Gasteiger partial charge >= 0.3 is 0 Å². The fourth-order valence-electron chi connectivity index (χ4n) is 3.02. The van der Waals surface area contributed by atoms with Gasteiger partial charge in [0, 0.05) is 18.9 Å². The highest BCUT2D eigenvalue weighted by atomic mass is 16.5. The third-order valence-electron chi connectivity index (χ3n) is 4.41. The number of carbonyl (C=O) groups is 1. The van der Waals surface area contributed by atoms with E-state index in [0.29, 0.717) is 18.8 Å². The molecule has 1 unspecified atom stereocenters. The number of ether oxygens (including phenoxy) is 1. The van der Waals surface area contributed by atoms with Crippen molar-refractivity contribution >= 4 is 5.91 Å². The fraction of sp³-hybridized carbons (Fsp3) is 0.250. The molecule has 1 N–H and O–H groups in total. The molecule has 1 aromatic heterocycles. The Morgan fingerprint density at radius 2 is 1.92 bits per heavy atom. The molecule has 1 aliphatic heterocycles. The Morgan fingerprint density at radius 3 is 2.62 bits per heavy atom. The van der Waals surface area contributed by atoms with Crippen LogP contribution in [0, 0.1) is 6.92 Å². The lowest BCUT2D eigenvalue weighted by molar-refractivity contribution is -0.119. The zero-order chi connectivity index (χ0) is 17.9. The highest BCUT2D eigenvalue weighted by molar-refractivity contribution is 5.79. The lowest BCUT2D eigenvalue weighted by atomic mass is 10.1. The molecule has 132 valence electrons. The van der Waals surface area contributed by atoms with Crippen molar-refractivity contribution in [1.82, 2.24) is 20.1 Å². The van der Waals surface area contributed by atoms with Gasteiger partial charge in [-0.3, -0.25) is 4.79 Å². The molecule has 6 nitrogen and oxygen atoms in total. The summed E-state index contributed by atoms with van der Waals surface area (Å²) in [6, 6.07) is 17.7. The number of aromatic nitrogens is 3. The largest absolute Gasteiger partial charge is 0.486 e. The van der Waals surface area contributed by atoms with Crippen LogP contribution >= 0.6 is 0 Å². The molecule has 0 radical (unpaired) electrons. The van der Waals surface area contributed by atoms with Gasteiger partial charge in [-0.15, -0.1) is 5.10 Å². The first-order valence-corrected chi connectivity index (χ1v) is 8.66. The van der Waals surface area contributed by atoms with Crippen LogP contribution in [-0.2, 0) is 11.4 Å². The van der Waals surface area contributed by atoms with Crippen LogP contribution < -0.4 is 10.1 Å². The van der Waals surface area contributed by atoms with E-state index >= 15 is 0 Å². The van der Waals surface area contributed by atoms with E-state index in [0.717, 1.165) is 17.3 Å². The van der Waals surface area contributed by atoms with Gasteiger partial charge in [-0.1, -0.05) is 35.9 Å². The maximum atomic E-state index is 11.6. The molecule has 4 rings (SSSR count). The lowest BCUT2D eigenvalue weighted by Crippen LogP contribution is -2.15. The average Bonchev–Trinajstić information content (AvgIpc) is 3.28. The molecule has 1 saturated heterocycles. The smallest absolute Gasteiger partial charge is 0.220 e. The lowest BCUT2D eigenvalue weighted by Gasteiger charge is -2.09. The number of nitrogens with one attached hydrogen (secondary N) is 1. The van der Waals surface area contributed by atoms with E-state index in [9.17, 15) is 4.79 Å². The van der Waals surface area contributed by atoms with Crippen molar-refractivity contribution in [2.24, 2.45) is 0 Å². The van der Waals surface area contributed by atoms with Gasteiger partial charge in [-0.2, -0.15) is 0 Å². The third-order valence-corrected chi connectivity index (χ3v) is 4.41. The highest BCUT2D eigenvalue weighted by Gasteiger charge is 2.28. The molecule has 0 bridgehead atoms. The SMILES string of the molecule is Cc1ccc(-n2nc(COc3ccccc3)nc2C2CNC(=O)C2)cc1. The molecule has 1 aliphatic rings. The zero-order valence-electron chi connectivity index (χ0n) is 14.6. The maximum Gasteiger partial charge on any atom is 0.220 e. The standard InChI is InChI=1S/C20H20N4O2/c1-14-7-9-16(10-8-14)24-20(15-11-19(25)21-12-15)22-18(23-24)13-26-17-5-3-2-4-6-17/h2-10,15H,11-13H2,1H3,(H,21,25). The summed E-state index contributed by atoms with van der Waals surface area (Å²) in [5.41, 5.74) is 2.11. The van der Waals surface area contributed by atoms with Gasteiger partial charge in [0.15, 0.2) is 5.82 Å². The van der Waals surface area contributed by atoms with E-state index < -0.39 is 0 Å². The monoisotopic (exact) mass is 348 g/mol. The first-order chi connectivity index (χ1) is 12.7. The predicted octanol–water partition coefficient (Wildman–Crippen LogP) is 2.76. The van der Waals surface area contributed by atoms with Crippen molar-refractivity contribution in [3.63, 3.8) is 0 Å². The average molecular weight is 348 g/mol. The molecule has 1 fully saturated rings. The number of hydrogen-bond donors (Lipinski definition) is 1. The van der Waals surface area contributed by atoms with Gasteiger partial charge in [-0.25, -0.2) is 9.67 Å². The minimum atomic E-state index is 0.0155. The van der Waals surface area contributed by atoms with E-state index in [1.54, 1.807) is 0 Å². The first kappa shape index (κ1) is 16.3. The molecule has 0 aliphatic carbocycles. The van der Waals surface area contributed by atoms with Gasteiger partial charge in [0.2, 0.25) is 5.91 Å². The van der Waals surface area contributed by atoms with Gasteiger partial charge in [0.1, 0.15) is 18.2 Å². The van der Waals surface area contributed by atoms with Crippen LogP contribution in [0.5, 0.6) is 5.75 Å². The van der Waals surface area contributed by atoms with Crippen LogP contribution in [0.4, 0.5) is 0 Å². The number of amides is 1. The van der Waals surface area contributed by atoms with Gasteiger partial charge in [0.25, 0.3) is 0 Å². The summed E-state index contributed by atoms with van der Waals surface area (Å²) < 4.78 is 7.61. The van der Waals surface area contributed by atoms with E-state index in [4.69, 9.17) is 4.74 Å². The van der Waals surface area contributed by atoms with Crippen molar-refractivity contribution < 1.29 is 9.53 Å². The minimum absolute atomic E-state index is 0.0155. The molecule has 0 saturated carbocycles. The number of aryl methyl sites for hydroxylation is 1. The Bertz CT molecular complexity index is 903. The number of nitrogens with zero attached hydrogens (tertiary/aromatic N) is 3. The fourth-order valence-corrected chi connectivity index (χ4v) is 3.02. The van der Waals surface area contributed by atoms with Crippen molar-refractivity contribution in [3.8, 4) is 11.4 Å². The summed E-state index contributed by atoms with van der Waals surface area (Å²) in [5.74, 6) is 2.23. The molecule has 1 atom stereocenters. The quantitative estimate of drug-likeness (QED) is 0.770. The molecular formula is C20H20N4O2. The van der Waals surface area contributed by atoms with Crippen LogP contribution in [0.1, 0.15) is 29.6 Å². The maximum absolute atomic E-state index is 11.6. The van der Waals surface area contributed by atoms with Crippen LogP contribution in [0.2, 0.25) is 0 Å². The van der Waals surface area contributed by atoms with Crippen LogP contribution in [0.25, 0.3) is 5.69 Å². The summed E-state index contributed by atoms with van der Waals surface area (Å²) in [7, 11) is 0. The number of rotatable bonds is 5. The normalized spacial score (nSPS) is 16.5. The molecule has 6 heteroatoms. The van der Waals surface area contributed by atoms with Crippen molar-refractivity contribution in [1.29, 1.82) is 0 Å². The van der Waals surface area contributed by atoms with E-state index in [1.807, 2.05) is 66.2 Å². The molecule has 1 amide bonds. The Labute approximate surface area is 151 Å². The minimum Gasteiger partial charge on any atom is -0.486 e. The summed E-state index contributed by atoms with van der Waals surface area (Å²) in [6.07, 6.45) is 0.434. The summed E-state index contributed by atoms with van der Waals surface area (Å²) >= 11 is 0. The second-order valence-corrected chi connectivity index (χ2v) is 6.44. The Morgan fingerprint density at radius 1 is 1.15 bits per heavy atom. The molecule has 2 heterocycles. The van der Waals surface area contributed by atoms with Crippen LogP contribution in [0.15, 0.2) is 54.6 Å². The van der Waals surface area contributed by atoms with Gasteiger partial charge in [-0.05, 0) is 31.2 Å². The Kier molecular flexibility index (Phi) is 4.39. The first-order valence-electron chi connectivity index (χ1n) is 8.66. The Balaban J connectivity index is 1.63. The number of para-hydroxylation sites is 1. The predicted molar refractivity (Wildman–Crippen MR) is 97.2 cm³/mol. The van der Waals surface area contributed by atoms with E-state index in [-0.39, 0.29) is 18.4 Å². The van der Waals surface area contributed by atoms with Crippen LogP contribution in [-0.4, -0.2) is 27.2 Å². The van der Waals surface area contributed by atoms with Crippen molar-refractivity contribution in [2.75, 3.05) is 6.54 Å². The zero-order valence-corrected chi connectivity index (χ0v) is 14.6. The van der Waals surface area contributed by atoms with Crippen LogP contribution in [0.3, 0.4) is 0 Å². The summed E-state index contributed by atoms with van der Waals surface area (Å²) in [5, 5.41) is 7.51. The van der Waals surface area contributed by atoms with Crippen molar-refractivity contribution in [2.45, 2.75) is 25.9 Å². The second kappa shape index (κ2) is 7.00. The Hall–Kier alpha value is -3.15. The molecule has 26 heavy (non-hydrogen) atoms. The van der Waals surface area contributed by atoms with Gasteiger partial charge < -0.3 is 10.1 Å². The molecule has 2 aromatic carbocycles.